The van der Waals surface area contributed by atoms with Gasteiger partial charge in [-0.25, -0.2) is 4.79 Å². The predicted octanol–water partition coefficient (Wildman–Crippen LogP) is 6.03. The van der Waals surface area contributed by atoms with Gasteiger partial charge in [0.2, 0.25) is 5.91 Å². The van der Waals surface area contributed by atoms with Gasteiger partial charge in [0, 0.05) is 23.7 Å². The first-order valence-corrected chi connectivity index (χ1v) is 10.8. The smallest absolute Gasteiger partial charge is 0.335 e. The van der Waals surface area contributed by atoms with Crippen LogP contribution in [0.2, 0.25) is 0 Å². The van der Waals surface area contributed by atoms with E-state index in [0.717, 1.165) is 45.5 Å². The summed E-state index contributed by atoms with van der Waals surface area (Å²) in [4.78, 5) is 23.8. The van der Waals surface area contributed by atoms with Crippen LogP contribution in [0.15, 0.2) is 85.5 Å². The van der Waals surface area contributed by atoms with E-state index in [1.807, 2.05) is 48.5 Å². The summed E-state index contributed by atoms with van der Waals surface area (Å²) in [6.07, 6.45) is 3.13. The molecule has 1 aliphatic heterocycles. The van der Waals surface area contributed by atoms with E-state index in [9.17, 15) is 9.59 Å². The number of hydrogen-bond acceptors (Lipinski definition) is 3. The van der Waals surface area contributed by atoms with E-state index in [4.69, 9.17) is 4.74 Å². The number of nitrogens with one attached hydrogen (secondary N) is 1. The van der Waals surface area contributed by atoms with Gasteiger partial charge < -0.3 is 10.1 Å². The number of anilines is 1. The van der Waals surface area contributed by atoms with E-state index in [1.54, 1.807) is 6.07 Å². The first-order chi connectivity index (χ1) is 15.6. The van der Waals surface area contributed by atoms with Gasteiger partial charge in [0.15, 0.2) is 0 Å². The molecule has 1 aliphatic rings. The molecule has 4 rings (SSSR count). The van der Waals surface area contributed by atoms with E-state index in [2.05, 4.69) is 37.0 Å². The Morgan fingerprint density at radius 1 is 1.00 bits per heavy atom. The lowest BCUT2D eigenvalue weighted by molar-refractivity contribution is -0.129. The summed E-state index contributed by atoms with van der Waals surface area (Å²) in [7, 11) is 0. The molecule has 0 bridgehead atoms. The second-order valence-corrected chi connectivity index (χ2v) is 7.61. The number of rotatable bonds is 6. The minimum atomic E-state index is -0.497. The molecule has 3 aromatic rings. The maximum absolute atomic E-state index is 12.0. The number of benzene rings is 3. The number of amides is 1. The second kappa shape index (κ2) is 9.48. The number of para-hydroxylation sites is 1. The number of carbonyl (C=O) groups excluding carboxylic acids is 2. The molecule has 1 N–H and O–H groups in total. The molecule has 3 aromatic carbocycles. The summed E-state index contributed by atoms with van der Waals surface area (Å²) in [5.74, 6) is 0.0317. The molecule has 0 spiro atoms. The third kappa shape index (κ3) is 4.40. The Morgan fingerprint density at radius 2 is 1.75 bits per heavy atom. The zero-order valence-corrected chi connectivity index (χ0v) is 18.1. The van der Waals surface area contributed by atoms with Crippen molar-refractivity contribution in [2.45, 2.75) is 26.2 Å². The number of ether oxygens (including phenoxy) is 1. The number of aryl methyl sites for hydroxylation is 1. The lowest BCUT2D eigenvalue weighted by Gasteiger charge is -2.22. The summed E-state index contributed by atoms with van der Waals surface area (Å²) in [6.45, 7) is 5.65. The SMILES string of the molecule is C=CC(=O)Oc1ccccc1/C(=C(\CC)c1ccccc1)c1ccc2c(c1)CCC(=O)N2. The standard InChI is InChI=1S/C28H25NO3/c1-3-22(19-10-6-5-7-11-19)28(23-12-8-9-13-25(23)32-27(31)4-2)21-14-16-24-20(18-21)15-17-26(30)29-24/h4-14,16,18H,2-3,15,17H2,1H3,(H,29,30)/b28-22+. The van der Waals surface area contributed by atoms with Crippen LogP contribution >= 0.6 is 0 Å². The topological polar surface area (TPSA) is 55.4 Å². The fraction of sp³-hybridized carbons (Fsp3) is 0.143. The molecule has 0 radical (unpaired) electrons. The molecule has 0 atom stereocenters. The molecule has 0 fully saturated rings. The fourth-order valence-electron chi connectivity index (χ4n) is 4.11. The molecule has 32 heavy (non-hydrogen) atoms. The minimum absolute atomic E-state index is 0.0428. The number of carbonyl (C=O) groups is 2. The van der Waals surface area contributed by atoms with Crippen molar-refractivity contribution in [1.82, 2.24) is 0 Å². The Labute approximate surface area is 188 Å². The molecular weight excluding hydrogens is 398 g/mol. The van der Waals surface area contributed by atoms with Gasteiger partial charge in [-0.15, -0.1) is 0 Å². The molecule has 1 heterocycles. The first-order valence-electron chi connectivity index (χ1n) is 10.8. The van der Waals surface area contributed by atoms with Gasteiger partial charge in [-0.2, -0.15) is 0 Å². The summed E-state index contributed by atoms with van der Waals surface area (Å²) in [5, 5.41) is 2.95. The fourth-order valence-corrected chi connectivity index (χ4v) is 4.11. The Balaban J connectivity index is 1.96. The highest BCUT2D eigenvalue weighted by molar-refractivity contribution is 6.01. The van der Waals surface area contributed by atoms with Crippen molar-refractivity contribution >= 4 is 28.7 Å². The molecular formula is C28H25NO3. The Hall–Kier alpha value is -3.92. The van der Waals surface area contributed by atoms with E-state index in [-0.39, 0.29) is 5.91 Å². The molecule has 0 aliphatic carbocycles. The van der Waals surface area contributed by atoms with E-state index < -0.39 is 5.97 Å². The van der Waals surface area contributed by atoms with Gasteiger partial charge in [0.25, 0.3) is 0 Å². The average Bonchev–Trinajstić information content (AvgIpc) is 2.83. The molecule has 160 valence electrons. The number of esters is 1. The molecule has 0 saturated carbocycles. The highest BCUT2D eigenvalue weighted by atomic mass is 16.5. The molecule has 0 aromatic heterocycles. The van der Waals surface area contributed by atoms with Gasteiger partial charge in [0.1, 0.15) is 5.75 Å². The lowest BCUT2D eigenvalue weighted by atomic mass is 9.86. The zero-order valence-electron chi connectivity index (χ0n) is 18.1. The van der Waals surface area contributed by atoms with Crippen LogP contribution in [0.25, 0.3) is 11.1 Å². The largest absolute Gasteiger partial charge is 0.423 e. The van der Waals surface area contributed by atoms with Crippen molar-refractivity contribution in [2.75, 3.05) is 5.32 Å². The second-order valence-electron chi connectivity index (χ2n) is 7.61. The lowest BCUT2D eigenvalue weighted by Crippen LogP contribution is -2.19. The summed E-state index contributed by atoms with van der Waals surface area (Å²) in [5.41, 5.74) is 7.07. The van der Waals surface area contributed by atoms with Crippen molar-refractivity contribution in [1.29, 1.82) is 0 Å². The number of fused-ring (bicyclic) bond motifs is 1. The van der Waals surface area contributed by atoms with Crippen LogP contribution in [0.1, 0.15) is 42.0 Å². The summed E-state index contributed by atoms with van der Waals surface area (Å²) in [6, 6.07) is 23.9. The van der Waals surface area contributed by atoms with E-state index >= 15 is 0 Å². The monoisotopic (exact) mass is 423 g/mol. The normalized spacial score (nSPS) is 13.5. The van der Waals surface area contributed by atoms with Crippen molar-refractivity contribution in [2.24, 2.45) is 0 Å². The summed E-state index contributed by atoms with van der Waals surface area (Å²) >= 11 is 0. The van der Waals surface area contributed by atoms with Crippen molar-refractivity contribution < 1.29 is 14.3 Å². The van der Waals surface area contributed by atoms with E-state index in [0.29, 0.717) is 18.6 Å². The van der Waals surface area contributed by atoms with Crippen LogP contribution in [-0.2, 0) is 16.0 Å². The van der Waals surface area contributed by atoms with Crippen LogP contribution in [0.5, 0.6) is 5.75 Å². The number of allylic oxidation sites excluding steroid dienone is 1. The third-order valence-corrected chi connectivity index (χ3v) is 5.60. The Bertz CT molecular complexity index is 1210. The van der Waals surface area contributed by atoms with Crippen LogP contribution < -0.4 is 10.1 Å². The highest BCUT2D eigenvalue weighted by Crippen LogP contribution is 2.40. The van der Waals surface area contributed by atoms with Gasteiger partial charge >= 0.3 is 5.97 Å². The van der Waals surface area contributed by atoms with Crippen LogP contribution in [0.4, 0.5) is 5.69 Å². The number of hydrogen-bond donors (Lipinski definition) is 1. The van der Waals surface area contributed by atoms with Gasteiger partial charge in [0.05, 0.1) is 0 Å². The molecule has 0 unspecified atom stereocenters. The Morgan fingerprint density at radius 3 is 2.50 bits per heavy atom. The predicted molar refractivity (Wildman–Crippen MR) is 128 cm³/mol. The van der Waals surface area contributed by atoms with E-state index in [1.165, 1.54) is 6.08 Å². The molecule has 4 nitrogen and oxygen atoms in total. The van der Waals surface area contributed by atoms with Crippen LogP contribution in [0, 0.1) is 0 Å². The molecule has 4 heteroatoms. The zero-order chi connectivity index (χ0) is 22.5. The first kappa shape index (κ1) is 21.3. The maximum Gasteiger partial charge on any atom is 0.335 e. The van der Waals surface area contributed by atoms with Crippen molar-refractivity contribution in [3.8, 4) is 5.75 Å². The highest BCUT2D eigenvalue weighted by Gasteiger charge is 2.21. The van der Waals surface area contributed by atoms with Gasteiger partial charge in [-0.3, -0.25) is 4.79 Å². The quantitative estimate of drug-likeness (QED) is 0.228. The molecule has 1 amide bonds. The Kier molecular flexibility index (Phi) is 6.31. The maximum atomic E-state index is 12.0. The average molecular weight is 424 g/mol. The van der Waals surface area contributed by atoms with Crippen LogP contribution in [0.3, 0.4) is 0 Å². The van der Waals surface area contributed by atoms with Crippen molar-refractivity contribution in [3.63, 3.8) is 0 Å². The minimum Gasteiger partial charge on any atom is -0.423 e. The third-order valence-electron chi connectivity index (χ3n) is 5.60. The van der Waals surface area contributed by atoms with Gasteiger partial charge in [-0.1, -0.05) is 68.1 Å². The molecule has 0 saturated heterocycles. The van der Waals surface area contributed by atoms with Gasteiger partial charge in [-0.05, 0) is 58.9 Å². The van der Waals surface area contributed by atoms with Crippen LogP contribution in [-0.4, -0.2) is 11.9 Å². The van der Waals surface area contributed by atoms with Crippen molar-refractivity contribution in [3.05, 3.63) is 108 Å². The summed E-state index contributed by atoms with van der Waals surface area (Å²) < 4.78 is 5.61.